The Bertz CT molecular complexity index is 2940. The summed E-state index contributed by atoms with van der Waals surface area (Å²) >= 11 is 0. The monoisotopic (exact) mass is 834 g/mol. The fourth-order valence-electron chi connectivity index (χ4n) is 5.97. The van der Waals surface area contributed by atoms with Crippen LogP contribution < -0.4 is 10.2 Å². The average molecular weight is 835 g/mol. The van der Waals surface area contributed by atoms with Crippen molar-refractivity contribution in [2.45, 2.75) is 6.92 Å². The van der Waals surface area contributed by atoms with E-state index in [9.17, 15) is 18.4 Å². The second-order valence-electron chi connectivity index (χ2n) is 14.0. The van der Waals surface area contributed by atoms with Crippen LogP contribution in [-0.2, 0) is 0 Å². The second kappa shape index (κ2) is 18.8. The van der Waals surface area contributed by atoms with Gasteiger partial charge in [0, 0.05) is 81.8 Å². The SMILES string of the molecule is CCN(c1cccc(C(=O)/C=C/N(C)C)c1)c1ncc2nnn(-c3cccc(F)c3)c2n1.CN(C)/C=C/C(=O)c1cccc(Nc2ncc3nnn(-c4cccc(F)c4)c3n2)c1. The van der Waals surface area contributed by atoms with Crippen LogP contribution in [-0.4, -0.2) is 106 Å². The van der Waals surface area contributed by atoms with Gasteiger partial charge in [0.1, 0.15) is 11.6 Å². The highest BCUT2D eigenvalue weighted by atomic mass is 19.1. The number of halogens is 2. The van der Waals surface area contributed by atoms with Gasteiger partial charge in [-0.25, -0.2) is 18.7 Å². The van der Waals surface area contributed by atoms with E-state index in [1.165, 1.54) is 52.0 Å². The molecule has 0 fully saturated rings. The van der Waals surface area contributed by atoms with E-state index < -0.39 is 0 Å². The summed E-state index contributed by atoms with van der Waals surface area (Å²) in [5.41, 5.74) is 5.40. The minimum atomic E-state index is -0.381. The number of nitrogens with one attached hydrogen (secondary N) is 1. The predicted octanol–water partition coefficient (Wildman–Crippen LogP) is 7.12. The van der Waals surface area contributed by atoms with Crippen molar-refractivity contribution in [1.82, 2.24) is 59.7 Å². The summed E-state index contributed by atoms with van der Waals surface area (Å²) in [5, 5.41) is 19.3. The van der Waals surface area contributed by atoms with Gasteiger partial charge in [-0.15, -0.1) is 10.2 Å². The van der Waals surface area contributed by atoms with Crippen molar-refractivity contribution in [3.8, 4) is 11.4 Å². The van der Waals surface area contributed by atoms with Crippen molar-refractivity contribution in [2.75, 3.05) is 45.0 Å². The highest BCUT2D eigenvalue weighted by Crippen LogP contribution is 2.26. The van der Waals surface area contributed by atoms with Crippen LogP contribution in [0.4, 0.5) is 32.1 Å². The molecule has 0 aliphatic rings. The van der Waals surface area contributed by atoms with Gasteiger partial charge < -0.3 is 20.0 Å². The molecule has 0 aliphatic heterocycles. The third-order valence-corrected chi connectivity index (χ3v) is 8.93. The highest BCUT2D eigenvalue weighted by Gasteiger charge is 2.17. The number of anilines is 4. The van der Waals surface area contributed by atoms with Crippen molar-refractivity contribution >= 4 is 57.2 Å². The standard InChI is InChI=1S/C23H22FN7O.C21H18FN7O/c1-4-30(18-9-5-7-16(13-18)21(32)11-12-29(2)3)23-25-15-20-22(26-23)31(28-27-20)19-10-6-8-17(24)14-19;1-28(2)10-9-19(30)14-5-3-7-16(11-14)24-21-23-13-18-20(25-21)29(27-26-18)17-8-4-6-15(22)12-17/h5-15H,4H2,1-3H3;3-13H,1-2H3,(H,23,24,25)/b12-11+;10-9+. The van der Waals surface area contributed by atoms with E-state index in [0.717, 1.165) is 5.69 Å². The Morgan fingerprint density at radius 3 is 1.76 bits per heavy atom. The fourth-order valence-corrected chi connectivity index (χ4v) is 5.97. The van der Waals surface area contributed by atoms with E-state index in [0.29, 0.717) is 69.0 Å². The Morgan fingerprint density at radius 2 is 1.19 bits per heavy atom. The second-order valence-corrected chi connectivity index (χ2v) is 14.0. The molecule has 18 heteroatoms. The highest BCUT2D eigenvalue weighted by molar-refractivity contribution is 6.05. The Labute approximate surface area is 354 Å². The molecular formula is C44H40F2N14O2. The van der Waals surface area contributed by atoms with Crippen LogP contribution in [0, 0.1) is 11.6 Å². The van der Waals surface area contributed by atoms with Crippen LogP contribution in [0.1, 0.15) is 27.6 Å². The molecule has 0 saturated heterocycles. The quantitative estimate of drug-likeness (QED) is 0.0921. The number of rotatable bonds is 13. The third kappa shape index (κ3) is 9.94. The van der Waals surface area contributed by atoms with Crippen LogP contribution in [0.15, 0.2) is 134 Å². The lowest BCUT2D eigenvalue weighted by atomic mass is 10.1. The van der Waals surface area contributed by atoms with Crippen LogP contribution in [0.25, 0.3) is 33.7 Å². The number of allylic oxidation sites excluding steroid dienone is 2. The van der Waals surface area contributed by atoms with Gasteiger partial charge in [0.15, 0.2) is 33.9 Å². The topological polar surface area (TPSA) is 169 Å². The lowest BCUT2D eigenvalue weighted by Gasteiger charge is -2.21. The van der Waals surface area contributed by atoms with E-state index in [1.807, 2.05) is 64.3 Å². The van der Waals surface area contributed by atoms with E-state index >= 15 is 0 Å². The van der Waals surface area contributed by atoms with E-state index in [4.69, 9.17) is 0 Å². The van der Waals surface area contributed by atoms with Crippen molar-refractivity contribution in [1.29, 1.82) is 0 Å². The predicted molar refractivity (Wildman–Crippen MR) is 232 cm³/mol. The Morgan fingerprint density at radius 1 is 0.661 bits per heavy atom. The number of carbonyl (C=O) groups is 2. The first-order valence-corrected chi connectivity index (χ1v) is 19.2. The molecule has 0 unspecified atom stereocenters. The van der Waals surface area contributed by atoms with Crippen molar-refractivity contribution < 1.29 is 18.4 Å². The van der Waals surface area contributed by atoms with Gasteiger partial charge in [0.05, 0.1) is 23.8 Å². The minimum Gasteiger partial charge on any atom is -0.383 e. The lowest BCUT2D eigenvalue weighted by Crippen LogP contribution is -2.19. The minimum absolute atomic E-state index is 0.0960. The molecule has 0 atom stereocenters. The molecule has 0 bridgehead atoms. The maximum Gasteiger partial charge on any atom is 0.232 e. The molecule has 1 N–H and O–H groups in total. The van der Waals surface area contributed by atoms with Gasteiger partial charge in [-0.1, -0.05) is 46.8 Å². The number of aromatic nitrogens is 10. The van der Waals surface area contributed by atoms with Crippen LogP contribution in [0.3, 0.4) is 0 Å². The lowest BCUT2D eigenvalue weighted by molar-refractivity contribution is 0.103. The molecule has 0 spiro atoms. The number of hydrogen-bond donors (Lipinski definition) is 1. The summed E-state index contributed by atoms with van der Waals surface area (Å²) in [6, 6.07) is 26.4. The molecule has 312 valence electrons. The van der Waals surface area contributed by atoms with Gasteiger partial charge in [-0.3, -0.25) is 9.59 Å². The molecule has 0 aliphatic carbocycles. The number of benzene rings is 4. The Hall–Kier alpha value is -8.28. The summed E-state index contributed by atoms with van der Waals surface area (Å²) in [7, 11) is 7.41. The molecule has 0 radical (unpaired) electrons. The van der Waals surface area contributed by atoms with Gasteiger partial charge in [0.2, 0.25) is 11.9 Å². The van der Waals surface area contributed by atoms with E-state index in [1.54, 1.807) is 76.9 Å². The van der Waals surface area contributed by atoms with Crippen molar-refractivity contribution in [3.05, 3.63) is 157 Å². The number of ketones is 2. The fraction of sp³-hybridized carbons (Fsp3) is 0.136. The van der Waals surface area contributed by atoms with Crippen LogP contribution in [0.2, 0.25) is 0 Å². The third-order valence-electron chi connectivity index (χ3n) is 8.93. The zero-order valence-electron chi connectivity index (χ0n) is 34.3. The van der Waals surface area contributed by atoms with Gasteiger partial charge in [-0.2, -0.15) is 19.3 Å². The first-order chi connectivity index (χ1) is 29.9. The normalized spacial score (nSPS) is 11.2. The van der Waals surface area contributed by atoms with Crippen molar-refractivity contribution in [2.24, 2.45) is 0 Å². The summed E-state index contributed by atoms with van der Waals surface area (Å²) in [6.45, 7) is 2.54. The molecular weight excluding hydrogens is 795 g/mol. The smallest absolute Gasteiger partial charge is 0.232 e. The number of hydrogen-bond acceptors (Lipinski definition) is 14. The largest absolute Gasteiger partial charge is 0.383 e. The molecule has 8 rings (SSSR count). The van der Waals surface area contributed by atoms with E-state index in [2.05, 4.69) is 45.9 Å². The van der Waals surface area contributed by atoms with Gasteiger partial charge >= 0.3 is 0 Å². The molecule has 8 aromatic rings. The maximum absolute atomic E-state index is 13.7. The van der Waals surface area contributed by atoms with Crippen molar-refractivity contribution in [3.63, 3.8) is 0 Å². The average Bonchev–Trinajstić information content (AvgIpc) is 3.90. The number of carbonyl (C=O) groups excluding carboxylic acids is 2. The summed E-state index contributed by atoms with van der Waals surface area (Å²) in [5.74, 6) is -0.239. The van der Waals surface area contributed by atoms with Gasteiger partial charge in [0.25, 0.3) is 0 Å². The molecule has 0 saturated carbocycles. The first-order valence-electron chi connectivity index (χ1n) is 19.2. The number of nitrogens with zero attached hydrogens (tertiary/aromatic N) is 13. The summed E-state index contributed by atoms with van der Waals surface area (Å²) in [6.07, 6.45) is 9.55. The van der Waals surface area contributed by atoms with Crippen LogP contribution >= 0.6 is 0 Å². The zero-order valence-corrected chi connectivity index (χ0v) is 34.3. The molecule has 4 aromatic carbocycles. The number of fused-ring (bicyclic) bond motifs is 2. The first kappa shape index (κ1) is 41.9. The molecule has 0 amide bonds. The Balaban J connectivity index is 0.000000187. The van der Waals surface area contributed by atoms with E-state index in [-0.39, 0.29) is 23.2 Å². The molecule has 4 aromatic heterocycles. The van der Waals surface area contributed by atoms with Gasteiger partial charge in [-0.05, 0) is 67.6 Å². The molecule has 16 nitrogen and oxygen atoms in total. The Kier molecular flexibility index (Phi) is 12.7. The maximum atomic E-state index is 13.7. The molecule has 62 heavy (non-hydrogen) atoms. The summed E-state index contributed by atoms with van der Waals surface area (Å²) < 4.78 is 30.2. The zero-order chi connectivity index (χ0) is 43.8. The van der Waals surface area contributed by atoms with Crippen LogP contribution in [0.5, 0.6) is 0 Å². The molecule has 4 heterocycles. The summed E-state index contributed by atoms with van der Waals surface area (Å²) in [4.78, 5) is 48.1.